The molecule has 0 saturated carbocycles. The largest absolute Gasteiger partial charge is 0.340 e. The number of imide groups is 1. The molecule has 4 rings (SSSR count). The van der Waals surface area contributed by atoms with Crippen LogP contribution in [0.3, 0.4) is 0 Å². The molecule has 3 aliphatic rings. The third-order valence-electron chi connectivity index (χ3n) is 6.21. The van der Waals surface area contributed by atoms with E-state index in [0.29, 0.717) is 12.5 Å². The molecule has 0 radical (unpaired) electrons. The molecule has 2 fully saturated rings. The smallest absolute Gasteiger partial charge is 0.325 e. The molecule has 0 spiro atoms. The maximum absolute atomic E-state index is 12.8. The molecule has 1 aromatic rings. The van der Waals surface area contributed by atoms with Gasteiger partial charge in [0.1, 0.15) is 0 Å². The van der Waals surface area contributed by atoms with Crippen molar-refractivity contribution in [1.29, 1.82) is 0 Å². The number of fused-ring (bicyclic) bond motifs is 1. The fourth-order valence-electron chi connectivity index (χ4n) is 4.34. The highest BCUT2D eigenvalue weighted by Gasteiger charge is 2.49. The van der Waals surface area contributed by atoms with Gasteiger partial charge in [0.25, 0.3) is 5.91 Å². The Morgan fingerprint density at radius 2 is 1.80 bits per heavy atom. The summed E-state index contributed by atoms with van der Waals surface area (Å²) >= 11 is 0. The number of rotatable bonds is 5. The molecule has 0 bridgehead atoms. The van der Waals surface area contributed by atoms with Crippen LogP contribution in [0.2, 0.25) is 0 Å². The van der Waals surface area contributed by atoms with Gasteiger partial charge in [0.15, 0.2) is 18.2 Å². The first kappa shape index (κ1) is 20.7. The van der Waals surface area contributed by atoms with E-state index >= 15 is 0 Å². The second kappa shape index (κ2) is 8.63. The van der Waals surface area contributed by atoms with Crippen molar-refractivity contribution in [3.8, 4) is 0 Å². The van der Waals surface area contributed by atoms with E-state index in [-0.39, 0.29) is 11.9 Å². The van der Waals surface area contributed by atoms with Crippen LogP contribution in [0.4, 0.5) is 4.79 Å². The first-order chi connectivity index (χ1) is 14.4. The minimum Gasteiger partial charge on any atom is -0.340 e. The summed E-state index contributed by atoms with van der Waals surface area (Å²) in [6, 6.07) is 9.23. The van der Waals surface area contributed by atoms with Gasteiger partial charge >= 0.3 is 6.03 Å². The Bertz CT molecular complexity index is 803. The Morgan fingerprint density at radius 3 is 2.47 bits per heavy atom. The summed E-state index contributed by atoms with van der Waals surface area (Å²) in [6.45, 7) is 9.95. The van der Waals surface area contributed by atoms with E-state index in [0.717, 1.165) is 44.2 Å². The van der Waals surface area contributed by atoms with Crippen molar-refractivity contribution in [2.24, 2.45) is 10.9 Å². The lowest BCUT2D eigenvalue weighted by Gasteiger charge is -2.40. The number of aliphatic imine (C=N–C) groups is 1. The van der Waals surface area contributed by atoms with Gasteiger partial charge in [-0.1, -0.05) is 44.2 Å². The number of nitrogens with zero attached hydrogens (tertiary/aromatic N) is 5. The van der Waals surface area contributed by atoms with Gasteiger partial charge in [-0.05, 0) is 24.4 Å². The number of carbonyl (C=O) groups is 2. The topological polar surface area (TPSA) is 71.5 Å². The predicted molar refractivity (Wildman–Crippen MR) is 116 cm³/mol. The van der Waals surface area contributed by atoms with Crippen LogP contribution >= 0.6 is 0 Å². The number of likely N-dealkylation sites (N-methyl/N-ethyl adjacent to an activating group) is 1. The fraction of sp³-hybridized carbons (Fsp3) is 0.591. The maximum Gasteiger partial charge on any atom is 0.325 e. The van der Waals surface area contributed by atoms with E-state index in [2.05, 4.69) is 46.0 Å². The summed E-state index contributed by atoms with van der Waals surface area (Å²) in [5.74, 6) is 1.26. The number of urea groups is 1. The van der Waals surface area contributed by atoms with E-state index < -0.39 is 12.2 Å². The van der Waals surface area contributed by atoms with Crippen molar-refractivity contribution in [3.63, 3.8) is 0 Å². The number of hydrogen-bond acceptors (Lipinski definition) is 6. The van der Waals surface area contributed by atoms with Crippen LogP contribution in [-0.4, -0.2) is 89.5 Å². The number of amides is 3. The van der Waals surface area contributed by atoms with E-state index in [9.17, 15) is 9.59 Å². The summed E-state index contributed by atoms with van der Waals surface area (Å²) in [6.07, 6.45) is 0.724. The molecule has 3 heterocycles. The molecular formula is C22H32N6O2. The molecule has 3 amide bonds. The number of piperazine rings is 1. The molecule has 1 aromatic carbocycles. The summed E-state index contributed by atoms with van der Waals surface area (Å²) < 4.78 is 0. The van der Waals surface area contributed by atoms with Crippen molar-refractivity contribution in [1.82, 2.24) is 24.9 Å². The molecule has 2 saturated heterocycles. The van der Waals surface area contributed by atoms with Crippen molar-refractivity contribution < 1.29 is 9.59 Å². The Labute approximate surface area is 178 Å². The molecule has 1 N–H and O–H groups in total. The van der Waals surface area contributed by atoms with Gasteiger partial charge < -0.3 is 14.7 Å². The lowest BCUT2D eigenvalue weighted by molar-refractivity contribution is -0.127. The van der Waals surface area contributed by atoms with Gasteiger partial charge in [-0.3, -0.25) is 15.0 Å². The first-order valence-corrected chi connectivity index (χ1v) is 10.9. The third kappa shape index (κ3) is 4.14. The Kier molecular flexibility index (Phi) is 5.94. The highest BCUT2D eigenvalue weighted by Crippen LogP contribution is 2.27. The molecular weight excluding hydrogens is 380 g/mol. The molecule has 2 atom stereocenters. The second-order valence-electron chi connectivity index (χ2n) is 8.82. The van der Waals surface area contributed by atoms with Crippen molar-refractivity contribution in [2.45, 2.75) is 39.0 Å². The summed E-state index contributed by atoms with van der Waals surface area (Å²) in [5.41, 5.74) is 1.12. The van der Waals surface area contributed by atoms with Gasteiger partial charge in [0.2, 0.25) is 0 Å². The van der Waals surface area contributed by atoms with Crippen LogP contribution in [-0.2, 0) is 11.3 Å². The number of nitrogens with one attached hydrogen (secondary N) is 1. The zero-order chi connectivity index (χ0) is 21.3. The average Bonchev–Trinajstić information content (AvgIpc) is 3.11. The normalized spacial score (nSPS) is 24.9. The maximum atomic E-state index is 12.8. The van der Waals surface area contributed by atoms with Crippen LogP contribution in [0, 0.1) is 5.92 Å². The minimum atomic E-state index is -0.498. The fourth-order valence-corrected chi connectivity index (χ4v) is 4.34. The van der Waals surface area contributed by atoms with Gasteiger partial charge in [0.05, 0.1) is 0 Å². The molecule has 8 nitrogen and oxygen atoms in total. The van der Waals surface area contributed by atoms with Gasteiger partial charge in [-0.2, -0.15) is 0 Å². The van der Waals surface area contributed by atoms with E-state index in [1.807, 2.05) is 18.2 Å². The summed E-state index contributed by atoms with van der Waals surface area (Å²) in [7, 11) is 1.70. The Morgan fingerprint density at radius 1 is 1.10 bits per heavy atom. The van der Waals surface area contributed by atoms with E-state index in [1.54, 1.807) is 7.05 Å². The number of benzene rings is 1. The monoisotopic (exact) mass is 412 g/mol. The van der Waals surface area contributed by atoms with Crippen molar-refractivity contribution in [2.75, 3.05) is 39.8 Å². The SMILES string of the molecule is CC(C)CCN1CCN(C2=NC3C(C(=O)NC(=O)N3C)N2Cc2ccccc2)CC1. The highest BCUT2D eigenvalue weighted by atomic mass is 16.2. The Hall–Kier alpha value is -2.61. The summed E-state index contributed by atoms with van der Waals surface area (Å²) in [4.78, 5) is 38.2. The van der Waals surface area contributed by atoms with Gasteiger partial charge in [-0.15, -0.1) is 0 Å². The number of guanidine groups is 1. The van der Waals surface area contributed by atoms with Crippen LogP contribution < -0.4 is 5.32 Å². The molecule has 0 aliphatic carbocycles. The minimum absolute atomic E-state index is 0.270. The Balaban J connectivity index is 1.53. The van der Waals surface area contributed by atoms with Gasteiger partial charge in [-0.25, -0.2) is 9.79 Å². The highest BCUT2D eigenvalue weighted by molar-refractivity contribution is 6.03. The van der Waals surface area contributed by atoms with Gasteiger partial charge in [0, 0.05) is 39.8 Å². The molecule has 0 aromatic heterocycles. The molecule has 8 heteroatoms. The standard InChI is InChI=1S/C22H32N6O2/c1-16(2)9-10-26-11-13-27(14-12-26)21-23-19-18(20(29)24-22(30)25(19)3)28(21)15-17-7-5-4-6-8-17/h4-8,16,18-19H,9-15H2,1-3H3,(H,24,29,30). The van der Waals surface area contributed by atoms with Crippen LogP contribution in [0.25, 0.3) is 0 Å². The van der Waals surface area contributed by atoms with Crippen molar-refractivity contribution in [3.05, 3.63) is 35.9 Å². The average molecular weight is 413 g/mol. The lowest BCUT2D eigenvalue weighted by Crippen LogP contribution is -2.64. The van der Waals surface area contributed by atoms with Crippen molar-refractivity contribution >= 4 is 17.9 Å². The molecule has 2 unspecified atom stereocenters. The predicted octanol–water partition coefficient (Wildman–Crippen LogP) is 1.40. The lowest BCUT2D eigenvalue weighted by atomic mass is 10.1. The third-order valence-corrected chi connectivity index (χ3v) is 6.21. The van der Waals surface area contributed by atoms with Crippen LogP contribution in [0.5, 0.6) is 0 Å². The molecule has 30 heavy (non-hydrogen) atoms. The van der Waals surface area contributed by atoms with E-state index in [1.165, 1.54) is 11.3 Å². The molecule has 162 valence electrons. The zero-order valence-corrected chi connectivity index (χ0v) is 18.1. The van der Waals surface area contributed by atoms with E-state index in [4.69, 9.17) is 4.99 Å². The molecule has 3 aliphatic heterocycles. The zero-order valence-electron chi connectivity index (χ0n) is 18.1. The number of hydrogen-bond donors (Lipinski definition) is 1. The second-order valence-corrected chi connectivity index (χ2v) is 8.82. The summed E-state index contributed by atoms with van der Waals surface area (Å²) in [5, 5.41) is 2.48. The van der Waals surface area contributed by atoms with Crippen LogP contribution in [0.1, 0.15) is 25.8 Å². The first-order valence-electron chi connectivity index (χ1n) is 10.9. The number of carbonyl (C=O) groups excluding carboxylic acids is 2. The quantitative estimate of drug-likeness (QED) is 0.792. The van der Waals surface area contributed by atoms with Crippen LogP contribution in [0.15, 0.2) is 35.3 Å².